The van der Waals surface area contributed by atoms with E-state index in [0.29, 0.717) is 29.2 Å². The van der Waals surface area contributed by atoms with E-state index < -0.39 is 0 Å². The smallest absolute Gasteiger partial charge is 0.253 e. The highest BCUT2D eigenvalue weighted by molar-refractivity contribution is 6.30. The molecule has 1 amide bonds. The fourth-order valence-electron chi connectivity index (χ4n) is 2.21. The molecule has 21 heavy (non-hydrogen) atoms. The van der Waals surface area contributed by atoms with Crippen molar-refractivity contribution in [2.24, 2.45) is 0 Å². The predicted octanol–water partition coefficient (Wildman–Crippen LogP) is 4.63. The van der Waals surface area contributed by atoms with Gasteiger partial charge in [-0.15, -0.1) is 0 Å². The highest BCUT2D eigenvalue weighted by Gasteiger charge is 2.13. The lowest BCUT2D eigenvalue weighted by Gasteiger charge is -2.18. The number of halogens is 2. The minimum Gasteiger partial charge on any atom is -0.339 e. The molecule has 110 valence electrons. The Morgan fingerprint density at radius 3 is 2.24 bits per heavy atom. The van der Waals surface area contributed by atoms with Gasteiger partial charge in [0.15, 0.2) is 0 Å². The van der Waals surface area contributed by atoms with Crippen molar-refractivity contribution in [2.75, 3.05) is 13.1 Å². The topological polar surface area (TPSA) is 20.3 Å². The maximum absolute atomic E-state index is 13.9. The molecular weight excluding hydrogens is 289 g/mol. The van der Waals surface area contributed by atoms with Gasteiger partial charge in [-0.1, -0.05) is 23.7 Å². The molecule has 0 saturated heterocycles. The lowest BCUT2D eigenvalue weighted by atomic mass is 10.0. The Balaban J connectivity index is 2.28. The summed E-state index contributed by atoms with van der Waals surface area (Å²) in [7, 11) is 0. The number of rotatable bonds is 4. The Hall–Kier alpha value is -1.87. The maximum Gasteiger partial charge on any atom is 0.253 e. The van der Waals surface area contributed by atoms with Gasteiger partial charge >= 0.3 is 0 Å². The Labute approximate surface area is 129 Å². The molecule has 2 aromatic carbocycles. The number of hydrogen-bond donors (Lipinski definition) is 0. The molecule has 2 aromatic rings. The summed E-state index contributed by atoms with van der Waals surface area (Å²) in [5.74, 6) is -0.381. The van der Waals surface area contributed by atoms with Crippen LogP contribution in [0.25, 0.3) is 11.1 Å². The van der Waals surface area contributed by atoms with Gasteiger partial charge < -0.3 is 4.90 Å². The van der Waals surface area contributed by atoms with E-state index >= 15 is 0 Å². The number of amides is 1. The van der Waals surface area contributed by atoms with Crippen molar-refractivity contribution in [1.82, 2.24) is 4.90 Å². The van der Waals surface area contributed by atoms with E-state index in [1.807, 2.05) is 13.8 Å². The fourth-order valence-corrected chi connectivity index (χ4v) is 2.37. The number of carbonyl (C=O) groups excluding carboxylic acids is 1. The van der Waals surface area contributed by atoms with E-state index in [9.17, 15) is 9.18 Å². The Morgan fingerprint density at radius 1 is 1.10 bits per heavy atom. The molecule has 0 N–H and O–H groups in total. The highest BCUT2D eigenvalue weighted by Crippen LogP contribution is 2.25. The number of carbonyl (C=O) groups is 1. The van der Waals surface area contributed by atoms with Crippen LogP contribution < -0.4 is 0 Å². The first-order valence-electron chi connectivity index (χ1n) is 6.91. The zero-order valence-electron chi connectivity index (χ0n) is 12.1. The molecule has 0 fully saturated rings. The average Bonchev–Trinajstić information content (AvgIpc) is 2.48. The molecule has 0 unspecified atom stereocenters. The second-order valence-electron chi connectivity index (χ2n) is 4.68. The summed E-state index contributed by atoms with van der Waals surface area (Å²) in [4.78, 5) is 13.9. The van der Waals surface area contributed by atoms with Crippen LogP contribution in [-0.2, 0) is 0 Å². The van der Waals surface area contributed by atoms with Crippen molar-refractivity contribution in [3.05, 3.63) is 58.9 Å². The monoisotopic (exact) mass is 305 g/mol. The van der Waals surface area contributed by atoms with Crippen LogP contribution >= 0.6 is 11.6 Å². The van der Waals surface area contributed by atoms with Gasteiger partial charge in [-0.25, -0.2) is 4.39 Å². The van der Waals surface area contributed by atoms with Crippen LogP contribution in [0.1, 0.15) is 24.2 Å². The third-order valence-electron chi connectivity index (χ3n) is 3.42. The van der Waals surface area contributed by atoms with Crippen LogP contribution in [0.2, 0.25) is 5.02 Å². The molecule has 0 spiro atoms. The van der Waals surface area contributed by atoms with Crippen molar-refractivity contribution in [3.63, 3.8) is 0 Å². The van der Waals surface area contributed by atoms with Crippen LogP contribution in [0, 0.1) is 5.82 Å². The molecule has 2 nitrogen and oxygen atoms in total. The summed E-state index contributed by atoms with van der Waals surface area (Å²) in [6, 6.07) is 11.5. The van der Waals surface area contributed by atoms with Gasteiger partial charge in [0.1, 0.15) is 5.82 Å². The largest absolute Gasteiger partial charge is 0.339 e. The van der Waals surface area contributed by atoms with Gasteiger partial charge in [-0.05, 0) is 49.7 Å². The summed E-state index contributed by atoms with van der Waals surface area (Å²) in [6.45, 7) is 5.23. The van der Waals surface area contributed by atoms with E-state index in [4.69, 9.17) is 11.6 Å². The van der Waals surface area contributed by atoms with Gasteiger partial charge in [0, 0.05) is 29.2 Å². The zero-order chi connectivity index (χ0) is 15.4. The lowest BCUT2D eigenvalue weighted by Crippen LogP contribution is -2.30. The van der Waals surface area contributed by atoms with Gasteiger partial charge in [0.05, 0.1) is 0 Å². The molecule has 0 aliphatic carbocycles. The lowest BCUT2D eigenvalue weighted by molar-refractivity contribution is 0.0773. The third kappa shape index (κ3) is 3.42. The van der Waals surface area contributed by atoms with Crippen LogP contribution in [0.4, 0.5) is 4.39 Å². The Bertz CT molecular complexity index is 636. The van der Waals surface area contributed by atoms with Crippen molar-refractivity contribution >= 4 is 17.5 Å². The molecule has 0 bridgehead atoms. The molecular formula is C17H17ClFNO. The summed E-state index contributed by atoms with van der Waals surface area (Å²) in [5.41, 5.74) is 1.80. The van der Waals surface area contributed by atoms with Gasteiger partial charge in [0.25, 0.3) is 5.91 Å². The molecule has 4 heteroatoms. The first-order valence-corrected chi connectivity index (χ1v) is 7.29. The molecule has 0 aromatic heterocycles. The standard InChI is InChI=1S/C17H17ClFNO/c1-3-20(4-2)17(21)13-7-5-12(6-8-13)15-10-9-14(18)11-16(15)19/h5-11H,3-4H2,1-2H3. The van der Waals surface area contributed by atoms with Crippen molar-refractivity contribution in [3.8, 4) is 11.1 Å². The number of benzene rings is 2. The molecule has 0 aliphatic heterocycles. The van der Waals surface area contributed by atoms with Crippen LogP contribution in [0.15, 0.2) is 42.5 Å². The Kier molecular flexibility index (Phi) is 4.97. The first-order chi connectivity index (χ1) is 10.1. The van der Waals surface area contributed by atoms with E-state index in [1.165, 1.54) is 6.07 Å². The summed E-state index contributed by atoms with van der Waals surface area (Å²) >= 11 is 5.75. The predicted molar refractivity (Wildman–Crippen MR) is 84.1 cm³/mol. The second-order valence-corrected chi connectivity index (χ2v) is 5.12. The summed E-state index contributed by atoms with van der Waals surface area (Å²) < 4.78 is 13.9. The molecule has 0 heterocycles. The van der Waals surface area contributed by atoms with Gasteiger partial charge in [-0.2, -0.15) is 0 Å². The third-order valence-corrected chi connectivity index (χ3v) is 3.66. The van der Waals surface area contributed by atoms with Gasteiger partial charge in [0.2, 0.25) is 0 Å². The fraction of sp³-hybridized carbons (Fsp3) is 0.235. The molecule has 2 rings (SSSR count). The number of nitrogens with zero attached hydrogens (tertiary/aromatic N) is 1. The second kappa shape index (κ2) is 6.72. The van der Waals surface area contributed by atoms with Gasteiger partial charge in [-0.3, -0.25) is 4.79 Å². The van der Waals surface area contributed by atoms with E-state index in [0.717, 1.165) is 5.56 Å². The normalized spacial score (nSPS) is 10.5. The SMILES string of the molecule is CCN(CC)C(=O)c1ccc(-c2ccc(Cl)cc2F)cc1. The highest BCUT2D eigenvalue weighted by atomic mass is 35.5. The maximum atomic E-state index is 13.9. The molecule has 0 atom stereocenters. The zero-order valence-corrected chi connectivity index (χ0v) is 12.8. The van der Waals surface area contributed by atoms with Crippen LogP contribution in [0.3, 0.4) is 0 Å². The molecule has 0 saturated carbocycles. The molecule has 0 radical (unpaired) electrons. The average molecular weight is 306 g/mol. The minimum atomic E-state index is -0.370. The van der Waals surface area contributed by atoms with E-state index in [2.05, 4.69) is 0 Å². The quantitative estimate of drug-likeness (QED) is 0.806. The van der Waals surface area contributed by atoms with Crippen LogP contribution in [0.5, 0.6) is 0 Å². The van der Waals surface area contributed by atoms with E-state index in [-0.39, 0.29) is 11.7 Å². The van der Waals surface area contributed by atoms with Crippen LogP contribution in [-0.4, -0.2) is 23.9 Å². The van der Waals surface area contributed by atoms with E-state index in [1.54, 1.807) is 41.3 Å². The van der Waals surface area contributed by atoms with Crippen molar-refractivity contribution in [1.29, 1.82) is 0 Å². The molecule has 0 aliphatic rings. The van der Waals surface area contributed by atoms with Crippen molar-refractivity contribution < 1.29 is 9.18 Å². The summed E-state index contributed by atoms with van der Waals surface area (Å²) in [5, 5.41) is 0.365. The number of hydrogen-bond acceptors (Lipinski definition) is 1. The first kappa shape index (κ1) is 15.5. The minimum absolute atomic E-state index is 0.0110. The Morgan fingerprint density at radius 2 is 1.71 bits per heavy atom. The summed E-state index contributed by atoms with van der Waals surface area (Å²) in [6.07, 6.45) is 0. The van der Waals surface area contributed by atoms with Crippen molar-refractivity contribution in [2.45, 2.75) is 13.8 Å².